The molecule has 0 unspecified atom stereocenters. The molecule has 1 N–H and O–H groups in total. The zero-order valence-corrected chi connectivity index (χ0v) is 12.2. The van der Waals surface area contributed by atoms with Crippen LogP contribution in [-0.2, 0) is 16.6 Å². The minimum absolute atomic E-state index is 0.0403. The second-order valence-electron chi connectivity index (χ2n) is 5.33. The third-order valence-corrected chi connectivity index (χ3v) is 3.86. The van der Waals surface area contributed by atoms with Gasteiger partial charge in [0.1, 0.15) is 0 Å². The number of rotatable bonds is 5. The van der Waals surface area contributed by atoms with Gasteiger partial charge in [-0.25, -0.2) is 0 Å². The number of hydrogen-bond donors (Lipinski definition) is 1. The number of carbonyl (C=O) groups excluding carboxylic acids is 1. The summed E-state index contributed by atoms with van der Waals surface area (Å²) in [6.45, 7) is 0.707. The van der Waals surface area contributed by atoms with Crippen LogP contribution < -0.4 is 0 Å². The van der Waals surface area contributed by atoms with E-state index in [-0.39, 0.29) is 18.4 Å². The lowest BCUT2D eigenvalue weighted by Crippen LogP contribution is -2.43. The normalized spacial score (nSPS) is 19.1. The highest BCUT2D eigenvalue weighted by Crippen LogP contribution is 2.21. The molecule has 0 aliphatic carbocycles. The minimum atomic E-state index is -0.807. The molecule has 1 fully saturated rings. The van der Waals surface area contributed by atoms with E-state index in [1.54, 1.807) is 27.9 Å². The Kier molecular flexibility index (Phi) is 5.14. The van der Waals surface area contributed by atoms with Crippen LogP contribution in [0.15, 0.2) is 18.3 Å². The van der Waals surface area contributed by atoms with Crippen molar-refractivity contribution < 1.29 is 14.7 Å². The molecule has 1 aliphatic heterocycles. The van der Waals surface area contributed by atoms with E-state index in [1.165, 1.54) is 0 Å². The van der Waals surface area contributed by atoms with Gasteiger partial charge in [-0.2, -0.15) is 5.10 Å². The van der Waals surface area contributed by atoms with E-state index >= 15 is 0 Å². The average Bonchev–Trinajstić information content (AvgIpc) is 2.88. The summed E-state index contributed by atoms with van der Waals surface area (Å²) >= 11 is 0. The molecule has 21 heavy (non-hydrogen) atoms. The van der Waals surface area contributed by atoms with E-state index in [0.29, 0.717) is 13.0 Å². The topological polar surface area (TPSA) is 75.4 Å². The number of aryl methyl sites for hydroxylation is 1. The number of carboxylic acids is 1. The van der Waals surface area contributed by atoms with Gasteiger partial charge in [-0.1, -0.05) is 0 Å². The third kappa shape index (κ3) is 4.18. The first-order valence-corrected chi connectivity index (χ1v) is 7.26. The smallest absolute Gasteiger partial charge is 0.303 e. The summed E-state index contributed by atoms with van der Waals surface area (Å²) in [6.07, 6.45) is 8.54. The molecule has 6 nitrogen and oxygen atoms in total. The van der Waals surface area contributed by atoms with E-state index in [0.717, 1.165) is 25.0 Å². The van der Waals surface area contributed by atoms with Crippen molar-refractivity contribution in [2.24, 2.45) is 7.05 Å². The number of carbonyl (C=O) groups is 2. The minimum Gasteiger partial charge on any atom is -0.481 e. The van der Waals surface area contributed by atoms with Crippen molar-refractivity contribution in [1.29, 1.82) is 0 Å². The van der Waals surface area contributed by atoms with E-state index < -0.39 is 5.97 Å². The molecule has 0 spiro atoms. The van der Waals surface area contributed by atoms with Crippen molar-refractivity contribution in [3.8, 4) is 0 Å². The third-order valence-electron chi connectivity index (χ3n) is 3.86. The molecular weight excluding hydrogens is 270 g/mol. The Bertz CT molecular complexity index is 536. The van der Waals surface area contributed by atoms with Gasteiger partial charge >= 0.3 is 5.97 Å². The predicted octanol–water partition coefficient (Wildman–Crippen LogP) is 1.68. The number of nitrogens with zero attached hydrogens (tertiary/aromatic N) is 3. The molecule has 2 heterocycles. The molecule has 1 atom stereocenters. The van der Waals surface area contributed by atoms with E-state index in [4.69, 9.17) is 5.11 Å². The summed E-state index contributed by atoms with van der Waals surface area (Å²) in [5, 5.41) is 12.8. The first-order valence-electron chi connectivity index (χ1n) is 7.26. The molecule has 6 heteroatoms. The molecule has 2 rings (SSSR count). The highest BCUT2D eigenvalue weighted by molar-refractivity contribution is 5.91. The van der Waals surface area contributed by atoms with Crippen molar-refractivity contribution in [2.75, 3.05) is 6.54 Å². The van der Waals surface area contributed by atoms with Crippen LogP contribution in [0.2, 0.25) is 0 Å². The molecule has 0 saturated carbocycles. The second-order valence-corrected chi connectivity index (χ2v) is 5.33. The molecule has 1 aromatic rings. The van der Waals surface area contributed by atoms with Crippen LogP contribution in [0, 0.1) is 0 Å². The van der Waals surface area contributed by atoms with Crippen LogP contribution in [0.25, 0.3) is 6.08 Å². The highest BCUT2D eigenvalue weighted by atomic mass is 16.4. The zero-order valence-electron chi connectivity index (χ0n) is 12.2. The van der Waals surface area contributed by atoms with E-state index in [1.807, 2.05) is 13.1 Å². The maximum atomic E-state index is 12.3. The molecule has 114 valence electrons. The van der Waals surface area contributed by atoms with Gasteiger partial charge in [0.15, 0.2) is 0 Å². The van der Waals surface area contributed by atoms with Crippen molar-refractivity contribution in [3.05, 3.63) is 24.0 Å². The van der Waals surface area contributed by atoms with Crippen LogP contribution in [0.4, 0.5) is 0 Å². The van der Waals surface area contributed by atoms with E-state index in [2.05, 4.69) is 5.10 Å². The molecular formula is C15H21N3O3. The summed E-state index contributed by atoms with van der Waals surface area (Å²) in [7, 11) is 1.82. The Hall–Kier alpha value is -2.11. The molecule has 0 aromatic carbocycles. The van der Waals surface area contributed by atoms with E-state index in [9.17, 15) is 9.59 Å². The SMILES string of the molecule is Cn1nccc1/C=C/C(=O)N1CCCC[C@H]1CCC(=O)O. The Labute approximate surface area is 124 Å². The number of hydrogen-bond acceptors (Lipinski definition) is 3. The van der Waals surface area contributed by atoms with Crippen LogP contribution in [0.3, 0.4) is 0 Å². The van der Waals surface area contributed by atoms with Crippen LogP contribution in [0.1, 0.15) is 37.8 Å². The number of carboxylic acid groups (broad SMARTS) is 1. The summed E-state index contributed by atoms with van der Waals surface area (Å²) in [5.74, 6) is -0.857. The lowest BCUT2D eigenvalue weighted by Gasteiger charge is -2.35. The number of piperidine rings is 1. The van der Waals surface area contributed by atoms with Crippen molar-refractivity contribution >= 4 is 18.0 Å². The lowest BCUT2D eigenvalue weighted by molar-refractivity contribution is -0.138. The fourth-order valence-corrected chi connectivity index (χ4v) is 2.68. The fraction of sp³-hybridized carbons (Fsp3) is 0.533. The first-order chi connectivity index (χ1) is 10.1. The summed E-state index contributed by atoms with van der Waals surface area (Å²) in [4.78, 5) is 24.8. The number of aliphatic carboxylic acids is 1. The summed E-state index contributed by atoms with van der Waals surface area (Å²) in [5.41, 5.74) is 0.863. The largest absolute Gasteiger partial charge is 0.481 e. The first kappa shape index (κ1) is 15.3. The monoisotopic (exact) mass is 291 g/mol. The summed E-state index contributed by atoms with van der Waals surface area (Å²) < 4.78 is 1.70. The lowest BCUT2D eigenvalue weighted by atomic mass is 9.98. The maximum absolute atomic E-state index is 12.3. The quantitative estimate of drug-likeness (QED) is 0.837. The van der Waals surface area contributed by atoms with Gasteiger partial charge in [0.2, 0.25) is 5.91 Å². The van der Waals surface area contributed by atoms with Gasteiger partial charge in [-0.15, -0.1) is 0 Å². The van der Waals surface area contributed by atoms with Gasteiger partial charge < -0.3 is 10.0 Å². The van der Waals surface area contributed by atoms with Crippen molar-refractivity contribution in [2.45, 2.75) is 38.1 Å². The van der Waals surface area contributed by atoms with Gasteiger partial charge in [0, 0.05) is 38.3 Å². The average molecular weight is 291 g/mol. The maximum Gasteiger partial charge on any atom is 0.303 e. The fourth-order valence-electron chi connectivity index (χ4n) is 2.68. The van der Waals surface area contributed by atoms with Gasteiger partial charge in [0.05, 0.1) is 5.69 Å². The van der Waals surface area contributed by atoms with Crippen LogP contribution in [-0.4, -0.2) is 44.3 Å². The Morgan fingerprint density at radius 3 is 2.95 bits per heavy atom. The molecule has 1 aliphatic rings. The molecule has 1 saturated heterocycles. The number of aromatic nitrogens is 2. The number of amides is 1. The van der Waals surface area contributed by atoms with Crippen LogP contribution >= 0.6 is 0 Å². The highest BCUT2D eigenvalue weighted by Gasteiger charge is 2.25. The van der Waals surface area contributed by atoms with Gasteiger partial charge in [-0.05, 0) is 37.8 Å². The van der Waals surface area contributed by atoms with Gasteiger partial charge in [0.25, 0.3) is 0 Å². The predicted molar refractivity (Wildman–Crippen MR) is 78.5 cm³/mol. The van der Waals surface area contributed by atoms with Crippen molar-refractivity contribution in [1.82, 2.24) is 14.7 Å². The zero-order chi connectivity index (χ0) is 15.2. The Morgan fingerprint density at radius 2 is 2.29 bits per heavy atom. The molecule has 0 radical (unpaired) electrons. The van der Waals surface area contributed by atoms with Crippen LogP contribution in [0.5, 0.6) is 0 Å². The van der Waals surface area contributed by atoms with Crippen molar-refractivity contribution in [3.63, 3.8) is 0 Å². The second kappa shape index (κ2) is 7.06. The summed E-state index contributed by atoms with van der Waals surface area (Å²) in [6, 6.07) is 1.88. The standard InChI is InChI=1S/C15H21N3O3/c1-17-12(9-10-16-17)5-7-14(19)18-11-3-2-4-13(18)6-8-15(20)21/h5,7,9-10,13H,2-4,6,8,11H2,1H3,(H,20,21)/b7-5+/t13-/m0/s1. The Morgan fingerprint density at radius 1 is 1.48 bits per heavy atom. The molecule has 1 amide bonds. The number of likely N-dealkylation sites (tertiary alicyclic amines) is 1. The Balaban J connectivity index is 1.99. The molecule has 1 aromatic heterocycles. The van der Waals surface area contributed by atoms with Gasteiger partial charge in [-0.3, -0.25) is 14.3 Å². The molecule has 0 bridgehead atoms.